The molecular formula is C18H28N4S. The molecule has 126 valence electrons. The average Bonchev–Trinajstić information content (AvgIpc) is 3.14. The summed E-state index contributed by atoms with van der Waals surface area (Å²) < 4.78 is 0. The van der Waals surface area contributed by atoms with Crippen molar-refractivity contribution in [1.82, 2.24) is 14.9 Å². The molecule has 0 spiro atoms. The molecule has 4 rings (SSSR count). The first-order chi connectivity index (χ1) is 11.1. The van der Waals surface area contributed by atoms with Crippen LogP contribution in [0.3, 0.4) is 0 Å². The third kappa shape index (κ3) is 2.76. The van der Waals surface area contributed by atoms with Gasteiger partial charge in [0.15, 0.2) is 0 Å². The zero-order valence-corrected chi connectivity index (χ0v) is 15.4. The van der Waals surface area contributed by atoms with Crippen molar-refractivity contribution in [2.24, 2.45) is 0 Å². The van der Waals surface area contributed by atoms with Crippen molar-refractivity contribution < 1.29 is 0 Å². The highest BCUT2D eigenvalue weighted by atomic mass is 32.2. The Balaban J connectivity index is 1.54. The second kappa shape index (κ2) is 6.25. The highest BCUT2D eigenvalue weighted by Gasteiger charge is 2.41. The Kier molecular flexibility index (Phi) is 4.26. The summed E-state index contributed by atoms with van der Waals surface area (Å²) in [7, 11) is 6.68. The highest BCUT2D eigenvalue weighted by molar-refractivity contribution is 8.00. The maximum atomic E-state index is 4.73. The number of fused-ring (bicyclic) bond motifs is 3. The summed E-state index contributed by atoms with van der Waals surface area (Å²) in [5.74, 6) is 1.93. The van der Waals surface area contributed by atoms with Crippen molar-refractivity contribution in [3.8, 4) is 0 Å². The van der Waals surface area contributed by atoms with E-state index in [1.807, 2.05) is 11.8 Å². The molecule has 0 aromatic carbocycles. The van der Waals surface area contributed by atoms with Crippen LogP contribution in [0.25, 0.3) is 0 Å². The monoisotopic (exact) mass is 332 g/mol. The van der Waals surface area contributed by atoms with E-state index in [9.17, 15) is 0 Å². The zero-order valence-electron chi connectivity index (χ0n) is 14.5. The molecule has 23 heavy (non-hydrogen) atoms. The predicted molar refractivity (Wildman–Crippen MR) is 96.4 cm³/mol. The Morgan fingerprint density at radius 1 is 0.957 bits per heavy atom. The molecule has 1 aromatic rings. The topological polar surface area (TPSA) is 32.3 Å². The lowest BCUT2D eigenvalue weighted by Crippen LogP contribution is -2.41. The summed E-state index contributed by atoms with van der Waals surface area (Å²) in [6.45, 7) is 0. The molecule has 1 aromatic heterocycles. The number of anilines is 1. The van der Waals surface area contributed by atoms with Gasteiger partial charge in [0.05, 0.1) is 0 Å². The number of hydrogen-bond donors (Lipinski definition) is 0. The van der Waals surface area contributed by atoms with Gasteiger partial charge in [0.2, 0.25) is 0 Å². The molecular weight excluding hydrogens is 304 g/mol. The van der Waals surface area contributed by atoms with Gasteiger partial charge in [-0.3, -0.25) is 0 Å². The van der Waals surface area contributed by atoms with Crippen LogP contribution in [0.15, 0.2) is 11.4 Å². The summed E-state index contributed by atoms with van der Waals surface area (Å²) in [4.78, 5) is 14.2. The van der Waals surface area contributed by atoms with Crippen molar-refractivity contribution in [2.45, 2.75) is 73.2 Å². The van der Waals surface area contributed by atoms with Gasteiger partial charge in [-0.25, -0.2) is 9.97 Å². The summed E-state index contributed by atoms with van der Waals surface area (Å²) >= 11 is 2.00. The van der Waals surface area contributed by atoms with Crippen LogP contribution < -0.4 is 4.90 Å². The lowest BCUT2D eigenvalue weighted by atomic mass is 9.89. The standard InChI is InChI=1S/C18H28N4S/c1-21(2)12-7-9-13(10-8-12)22(3)17-16-14-5-4-6-15(14)23-18(16)20-11-19-17/h11-15H,4-10H2,1-3H3. The lowest BCUT2D eigenvalue weighted by Gasteiger charge is -2.38. The summed E-state index contributed by atoms with van der Waals surface area (Å²) in [5, 5.41) is 2.02. The van der Waals surface area contributed by atoms with E-state index >= 15 is 0 Å². The van der Waals surface area contributed by atoms with E-state index in [0.29, 0.717) is 12.0 Å². The molecule has 2 heterocycles. The van der Waals surface area contributed by atoms with Gasteiger partial charge in [0.25, 0.3) is 0 Å². The minimum absolute atomic E-state index is 0.635. The van der Waals surface area contributed by atoms with Crippen molar-refractivity contribution >= 4 is 17.6 Å². The highest BCUT2D eigenvalue weighted by Crippen LogP contribution is 2.54. The number of thioether (sulfide) groups is 1. The molecule has 0 N–H and O–H groups in total. The van der Waals surface area contributed by atoms with Gasteiger partial charge in [-0.15, -0.1) is 11.8 Å². The number of nitrogens with zero attached hydrogens (tertiary/aromatic N) is 4. The van der Waals surface area contributed by atoms with Gasteiger partial charge in [0.1, 0.15) is 17.2 Å². The van der Waals surface area contributed by atoms with E-state index in [1.165, 1.54) is 61.4 Å². The summed E-state index contributed by atoms with van der Waals surface area (Å²) in [5.41, 5.74) is 1.47. The average molecular weight is 333 g/mol. The van der Waals surface area contributed by atoms with Gasteiger partial charge < -0.3 is 9.80 Å². The molecule has 0 radical (unpaired) electrons. The third-order valence-corrected chi connectivity index (χ3v) is 7.61. The van der Waals surface area contributed by atoms with Gasteiger partial charge in [-0.05, 0) is 52.6 Å². The van der Waals surface area contributed by atoms with Crippen LogP contribution in [0.5, 0.6) is 0 Å². The first kappa shape index (κ1) is 15.7. The van der Waals surface area contributed by atoms with Gasteiger partial charge in [-0.1, -0.05) is 6.42 Å². The normalized spacial score (nSPS) is 32.9. The molecule has 2 unspecified atom stereocenters. The zero-order chi connectivity index (χ0) is 16.0. The molecule has 0 amide bonds. The fourth-order valence-corrected chi connectivity index (χ4v) is 6.23. The van der Waals surface area contributed by atoms with Crippen LogP contribution in [0.1, 0.15) is 56.4 Å². The fraction of sp³-hybridized carbons (Fsp3) is 0.778. The van der Waals surface area contributed by atoms with E-state index in [1.54, 1.807) is 6.33 Å². The minimum Gasteiger partial charge on any atom is -0.356 e. The van der Waals surface area contributed by atoms with Crippen LogP contribution in [-0.4, -0.2) is 53.3 Å². The Labute approximate surface area is 144 Å². The quantitative estimate of drug-likeness (QED) is 0.791. The first-order valence-corrected chi connectivity index (χ1v) is 9.94. The van der Waals surface area contributed by atoms with Crippen molar-refractivity contribution in [3.05, 3.63) is 11.9 Å². The first-order valence-electron chi connectivity index (χ1n) is 9.06. The molecule has 2 aliphatic carbocycles. The van der Waals surface area contributed by atoms with Crippen LogP contribution in [0.2, 0.25) is 0 Å². The van der Waals surface area contributed by atoms with E-state index in [0.717, 1.165) is 11.3 Å². The van der Waals surface area contributed by atoms with Gasteiger partial charge in [0, 0.05) is 35.9 Å². The molecule has 1 aliphatic heterocycles. The van der Waals surface area contributed by atoms with Crippen LogP contribution in [-0.2, 0) is 0 Å². The molecule has 3 aliphatic rings. The maximum Gasteiger partial charge on any atom is 0.136 e. The molecule has 4 nitrogen and oxygen atoms in total. The Morgan fingerprint density at radius 3 is 2.43 bits per heavy atom. The molecule has 0 bridgehead atoms. The maximum absolute atomic E-state index is 4.73. The van der Waals surface area contributed by atoms with E-state index in [-0.39, 0.29) is 0 Å². The fourth-order valence-electron chi connectivity index (χ4n) is 4.75. The van der Waals surface area contributed by atoms with E-state index < -0.39 is 0 Å². The minimum atomic E-state index is 0.635. The molecule has 0 saturated heterocycles. The molecule has 2 fully saturated rings. The molecule has 2 saturated carbocycles. The Hall–Kier alpha value is -0.810. The number of rotatable bonds is 3. The van der Waals surface area contributed by atoms with Crippen molar-refractivity contribution in [2.75, 3.05) is 26.0 Å². The van der Waals surface area contributed by atoms with E-state index in [4.69, 9.17) is 4.98 Å². The Morgan fingerprint density at radius 2 is 1.70 bits per heavy atom. The summed E-state index contributed by atoms with van der Waals surface area (Å²) in [6.07, 6.45) is 11.0. The van der Waals surface area contributed by atoms with Crippen LogP contribution in [0, 0.1) is 0 Å². The van der Waals surface area contributed by atoms with Crippen LogP contribution in [0.4, 0.5) is 5.82 Å². The molecule has 5 heteroatoms. The van der Waals surface area contributed by atoms with Crippen molar-refractivity contribution in [3.63, 3.8) is 0 Å². The SMILES string of the molecule is CN(C)C1CCC(N(C)c2ncnc3c2C2CCCC2S3)CC1. The van der Waals surface area contributed by atoms with Crippen molar-refractivity contribution in [1.29, 1.82) is 0 Å². The van der Waals surface area contributed by atoms with Crippen LogP contribution >= 0.6 is 11.8 Å². The predicted octanol–water partition coefficient (Wildman–Crippen LogP) is 3.53. The molecule has 2 atom stereocenters. The number of aromatic nitrogens is 2. The second-order valence-electron chi connectivity index (χ2n) is 7.65. The lowest BCUT2D eigenvalue weighted by molar-refractivity contribution is 0.215. The summed E-state index contributed by atoms with van der Waals surface area (Å²) in [6, 6.07) is 1.39. The smallest absolute Gasteiger partial charge is 0.136 e. The third-order valence-electron chi connectivity index (χ3n) is 6.19. The Bertz CT molecular complexity index is 568. The van der Waals surface area contributed by atoms with E-state index in [2.05, 4.69) is 35.9 Å². The van der Waals surface area contributed by atoms with Gasteiger partial charge in [-0.2, -0.15) is 0 Å². The largest absolute Gasteiger partial charge is 0.356 e. The second-order valence-corrected chi connectivity index (χ2v) is 8.87. The van der Waals surface area contributed by atoms with Gasteiger partial charge >= 0.3 is 0 Å². The number of hydrogen-bond acceptors (Lipinski definition) is 5.